The number of hydrogen-bond donors (Lipinski definition) is 1. The molecule has 9 heteroatoms. The van der Waals surface area contributed by atoms with E-state index >= 15 is 0 Å². The Labute approximate surface area is 151 Å². The lowest BCUT2D eigenvalue weighted by atomic mass is 10.1. The summed E-state index contributed by atoms with van der Waals surface area (Å²) in [6.45, 7) is 9.17. The second-order valence-corrected chi connectivity index (χ2v) is 10.1. The van der Waals surface area contributed by atoms with Crippen LogP contribution in [0.15, 0.2) is 11.1 Å². The van der Waals surface area contributed by atoms with Gasteiger partial charge in [-0.1, -0.05) is 0 Å². The van der Waals surface area contributed by atoms with Crippen molar-refractivity contribution in [1.82, 2.24) is 15.5 Å². The smallest absolute Gasteiger partial charge is 0.407 e. The van der Waals surface area contributed by atoms with Crippen molar-refractivity contribution in [3.05, 3.63) is 16.6 Å². The molecule has 25 heavy (non-hydrogen) atoms. The molecule has 2 rings (SSSR count). The first-order valence-corrected chi connectivity index (χ1v) is 10.5. The molecule has 0 saturated heterocycles. The van der Waals surface area contributed by atoms with Crippen LogP contribution in [0.25, 0.3) is 10.2 Å². The topological polar surface area (TPSA) is 98.2 Å². The zero-order valence-corrected chi connectivity index (χ0v) is 16.8. The largest absolute Gasteiger partial charge is 0.444 e. The van der Waals surface area contributed by atoms with Crippen LogP contribution in [-0.4, -0.2) is 42.6 Å². The molecule has 2 aromatic rings. The number of nitrogens with zero attached hydrogens (tertiary/aromatic N) is 2. The number of aromatic nitrogens is 2. The Morgan fingerprint density at radius 3 is 2.60 bits per heavy atom. The number of rotatable bonds is 4. The summed E-state index contributed by atoms with van der Waals surface area (Å²) in [4.78, 5) is 13.0. The highest BCUT2D eigenvalue weighted by Crippen LogP contribution is 2.34. The van der Waals surface area contributed by atoms with Gasteiger partial charge in [0.1, 0.15) is 16.0 Å². The van der Waals surface area contributed by atoms with Crippen molar-refractivity contribution < 1.29 is 17.9 Å². The van der Waals surface area contributed by atoms with Gasteiger partial charge in [-0.3, -0.25) is 0 Å². The number of ether oxygens (including phenoxy) is 1. The third kappa shape index (κ3) is 4.88. The summed E-state index contributed by atoms with van der Waals surface area (Å²) in [6, 6.07) is -0.170. The fraction of sp³-hybridized carbons (Fsp3) is 0.562. The van der Waals surface area contributed by atoms with Gasteiger partial charge in [-0.05, 0) is 40.2 Å². The molecule has 7 nitrogen and oxygen atoms in total. The van der Waals surface area contributed by atoms with Gasteiger partial charge in [0, 0.05) is 23.6 Å². The highest BCUT2D eigenvalue weighted by Gasteiger charge is 2.22. The third-order valence-corrected chi connectivity index (χ3v) is 6.00. The molecule has 0 aliphatic heterocycles. The average Bonchev–Trinajstić information content (AvgIpc) is 2.72. The Morgan fingerprint density at radius 2 is 2.04 bits per heavy atom. The molecule has 0 aromatic carbocycles. The first kappa shape index (κ1) is 19.6. The molecule has 0 spiro atoms. The average molecular weight is 386 g/mol. The monoisotopic (exact) mass is 385 g/mol. The normalized spacial score (nSPS) is 13.7. The van der Waals surface area contributed by atoms with Gasteiger partial charge in [0.15, 0.2) is 9.84 Å². The van der Waals surface area contributed by atoms with Crippen LogP contribution in [0.1, 0.15) is 38.1 Å². The van der Waals surface area contributed by atoms with E-state index in [4.69, 9.17) is 4.74 Å². The van der Waals surface area contributed by atoms with Gasteiger partial charge in [-0.25, -0.2) is 13.2 Å². The quantitative estimate of drug-likeness (QED) is 0.869. The Hall–Kier alpha value is -1.74. The Balaban J connectivity index is 2.25. The van der Waals surface area contributed by atoms with E-state index in [-0.39, 0.29) is 10.9 Å². The highest BCUT2D eigenvalue weighted by molar-refractivity contribution is 7.91. The number of nitrogens with one attached hydrogen (secondary N) is 1. The summed E-state index contributed by atoms with van der Waals surface area (Å²) in [5.41, 5.74) is 0.917. The van der Waals surface area contributed by atoms with Crippen LogP contribution < -0.4 is 5.32 Å². The molecular formula is C16H23N3O4S2. The van der Waals surface area contributed by atoms with Gasteiger partial charge >= 0.3 is 6.09 Å². The number of aryl methyl sites for hydroxylation is 1. The molecule has 1 atom stereocenters. The minimum Gasteiger partial charge on any atom is -0.444 e. The third-order valence-electron chi connectivity index (χ3n) is 3.42. The highest BCUT2D eigenvalue weighted by atomic mass is 32.2. The van der Waals surface area contributed by atoms with Gasteiger partial charge in [-0.2, -0.15) is 5.10 Å². The van der Waals surface area contributed by atoms with Crippen molar-refractivity contribution in [2.45, 2.75) is 57.6 Å². The lowest BCUT2D eigenvalue weighted by Gasteiger charge is -2.21. The lowest BCUT2D eigenvalue weighted by molar-refractivity contribution is 0.0508. The summed E-state index contributed by atoms with van der Waals surface area (Å²) in [5.74, 6) is 0. The number of fused-ring (bicyclic) bond motifs is 1. The Morgan fingerprint density at radius 1 is 1.40 bits per heavy atom. The van der Waals surface area contributed by atoms with Crippen molar-refractivity contribution in [2.75, 3.05) is 6.26 Å². The number of sulfone groups is 1. The van der Waals surface area contributed by atoms with Gasteiger partial charge in [0.25, 0.3) is 0 Å². The number of alkyl carbamates (subject to hydrolysis) is 1. The van der Waals surface area contributed by atoms with E-state index in [1.54, 1.807) is 20.8 Å². The zero-order chi connectivity index (χ0) is 19.0. The standard InChI is InChI=1S/C16H23N3O4S2/c1-9(18-15(20)23-16(3,4)5)7-11-10(2)13-14(24-11)12(8-17-19-13)25(6,21)22/h8-9H,7H2,1-6H3,(H,18,20)/t9-/m0/s1. The second-order valence-electron chi connectivity index (χ2n) is 7.06. The number of carbonyl (C=O) groups excluding carboxylic acids is 1. The molecular weight excluding hydrogens is 362 g/mol. The van der Waals surface area contributed by atoms with Crippen LogP contribution in [0, 0.1) is 6.92 Å². The molecule has 0 bridgehead atoms. The maximum Gasteiger partial charge on any atom is 0.407 e. The van der Waals surface area contributed by atoms with Gasteiger partial charge in [-0.15, -0.1) is 16.4 Å². The van der Waals surface area contributed by atoms with E-state index in [1.807, 2.05) is 13.8 Å². The SMILES string of the molecule is Cc1c(C[C@H](C)NC(=O)OC(C)(C)C)sc2c(S(C)(=O)=O)cnnc12. The van der Waals surface area contributed by atoms with E-state index in [0.717, 1.165) is 16.7 Å². The van der Waals surface area contributed by atoms with Crippen molar-refractivity contribution in [1.29, 1.82) is 0 Å². The molecule has 1 N–H and O–H groups in total. The zero-order valence-electron chi connectivity index (χ0n) is 15.2. The van der Waals surface area contributed by atoms with Crippen LogP contribution in [0.4, 0.5) is 4.79 Å². The van der Waals surface area contributed by atoms with Gasteiger partial charge in [0.2, 0.25) is 0 Å². The molecule has 138 valence electrons. The van der Waals surface area contributed by atoms with E-state index in [0.29, 0.717) is 16.6 Å². The minimum atomic E-state index is -3.38. The second kappa shape index (κ2) is 6.87. The van der Waals surface area contributed by atoms with Crippen molar-refractivity contribution in [3.63, 3.8) is 0 Å². The van der Waals surface area contributed by atoms with E-state index in [2.05, 4.69) is 15.5 Å². The summed E-state index contributed by atoms with van der Waals surface area (Å²) in [7, 11) is -3.38. The molecule has 1 amide bonds. The maximum absolute atomic E-state index is 11.9. The number of carbonyl (C=O) groups is 1. The molecule has 0 fully saturated rings. The van der Waals surface area contributed by atoms with Crippen LogP contribution in [0.3, 0.4) is 0 Å². The van der Waals surface area contributed by atoms with Crippen molar-refractivity contribution >= 4 is 37.5 Å². The number of hydrogen-bond acceptors (Lipinski definition) is 7. The van der Waals surface area contributed by atoms with Gasteiger partial charge in [0.05, 0.1) is 10.9 Å². The first-order valence-electron chi connectivity index (χ1n) is 7.81. The van der Waals surface area contributed by atoms with Crippen LogP contribution >= 0.6 is 11.3 Å². The van der Waals surface area contributed by atoms with Crippen molar-refractivity contribution in [3.8, 4) is 0 Å². The lowest BCUT2D eigenvalue weighted by Crippen LogP contribution is -2.38. The molecule has 2 aromatic heterocycles. The number of amides is 1. The fourth-order valence-corrected chi connectivity index (χ4v) is 4.86. The molecule has 0 saturated carbocycles. The maximum atomic E-state index is 11.9. The molecule has 0 aliphatic carbocycles. The van der Waals surface area contributed by atoms with Crippen molar-refractivity contribution in [2.24, 2.45) is 0 Å². The molecule has 2 heterocycles. The molecule has 0 unspecified atom stereocenters. The van der Waals surface area contributed by atoms with Gasteiger partial charge < -0.3 is 10.1 Å². The minimum absolute atomic E-state index is 0.170. The predicted octanol–water partition coefficient (Wildman–Crippen LogP) is 2.86. The van der Waals surface area contributed by atoms with E-state index in [9.17, 15) is 13.2 Å². The molecule has 0 radical (unpaired) electrons. The Kier molecular flexibility index (Phi) is 5.38. The first-order chi connectivity index (χ1) is 11.4. The summed E-state index contributed by atoms with van der Waals surface area (Å²) < 4.78 is 29.7. The summed E-state index contributed by atoms with van der Waals surface area (Å²) in [5, 5.41) is 10.7. The molecule has 0 aliphatic rings. The van der Waals surface area contributed by atoms with Crippen LogP contribution in [0.5, 0.6) is 0 Å². The predicted molar refractivity (Wildman–Crippen MR) is 97.8 cm³/mol. The number of thiophene rings is 1. The Bertz CT molecular complexity index is 898. The van der Waals surface area contributed by atoms with Crippen LogP contribution in [-0.2, 0) is 21.0 Å². The summed E-state index contributed by atoms with van der Waals surface area (Å²) in [6.07, 6.45) is 2.51. The van der Waals surface area contributed by atoms with E-state index < -0.39 is 21.5 Å². The van der Waals surface area contributed by atoms with E-state index in [1.165, 1.54) is 17.5 Å². The summed E-state index contributed by atoms with van der Waals surface area (Å²) >= 11 is 1.37. The van der Waals surface area contributed by atoms with Crippen LogP contribution in [0.2, 0.25) is 0 Å². The fourth-order valence-electron chi connectivity index (χ4n) is 2.33.